The molecule has 152 valence electrons. The first-order chi connectivity index (χ1) is 15.3. The lowest BCUT2D eigenvalue weighted by Gasteiger charge is -2.26. The number of para-hydroxylation sites is 1. The molecule has 1 fully saturated rings. The van der Waals surface area contributed by atoms with E-state index in [-0.39, 0.29) is 0 Å². The maximum Gasteiger partial charge on any atom is 0.219 e. The highest BCUT2D eigenvalue weighted by Crippen LogP contribution is 2.40. The lowest BCUT2D eigenvalue weighted by atomic mass is 9.79. The van der Waals surface area contributed by atoms with Crippen LogP contribution in [-0.4, -0.2) is 19.9 Å². The van der Waals surface area contributed by atoms with Crippen molar-refractivity contribution in [1.29, 1.82) is 0 Å². The van der Waals surface area contributed by atoms with Crippen molar-refractivity contribution in [2.24, 2.45) is 0 Å². The van der Waals surface area contributed by atoms with Crippen molar-refractivity contribution >= 4 is 33.4 Å². The summed E-state index contributed by atoms with van der Waals surface area (Å²) in [6.07, 6.45) is 7.18. The molecule has 31 heavy (non-hydrogen) atoms. The van der Waals surface area contributed by atoms with Crippen molar-refractivity contribution in [3.63, 3.8) is 0 Å². The predicted octanol–water partition coefficient (Wildman–Crippen LogP) is 6.31. The van der Waals surface area contributed by atoms with Crippen LogP contribution in [-0.2, 0) is 0 Å². The summed E-state index contributed by atoms with van der Waals surface area (Å²) < 4.78 is 5.98. The first kappa shape index (κ1) is 17.9. The molecule has 1 aliphatic rings. The molecule has 2 N–H and O–H groups in total. The number of hydrogen-bond donors (Lipinski definition) is 2. The highest BCUT2D eigenvalue weighted by Gasteiger charge is 2.21. The van der Waals surface area contributed by atoms with Crippen LogP contribution in [0.1, 0.15) is 30.7 Å². The number of nitrogens with zero attached hydrogens (tertiary/aromatic N) is 3. The Bertz CT molecular complexity index is 1380. The maximum atomic E-state index is 5.98. The smallest absolute Gasteiger partial charge is 0.219 e. The summed E-state index contributed by atoms with van der Waals surface area (Å²) in [5, 5.41) is 5.53. The van der Waals surface area contributed by atoms with Gasteiger partial charge in [-0.25, -0.2) is 15.0 Å². The Morgan fingerprint density at radius 1 is 0.935 bits per heavy atom. The van der Waals surface area contributed by atoms with Crippen molar-refractivity contribution in [3.05, 3.63) is 78.8 Å². The van der Waals surface area contributed by atoms with Gasteiger partial charge in [0.15, 0.2) is 0 Å². The standard InChI is InChI=1S/C25H21N5O/c1-2-7-18(8-3-1)31-23-10-9-19-21(29-23)13-17(16-5-4-6-16)14-22(19)30-25-20-11-12-26-24(20)27-15-28-25/h1-3,7-16H,4-6H2,(H2,26,27,28,30). The molecule has 6 heteroatoms. The SMILES string of the molecule is c1ccc(Oc2ccc3c(Nc4ncnc5[nH]ccc45)cc(C4CCC4)cc3n2)cc1. The van der Waals surface area contributed by atoms with Gasteiger partial charge in [0.2, 0.25) is 5.88 Å². The zero-order chi connectivity index (χ0) is 20.6. The summed E-state index contributed by atoms with van der Waals surface area (Å²) >= 11 is 0. The molecule has 0 radical (unpaired) electrons. The number of H-pyrrole nitrogens is 1. The fourth-order valence-electron chi connectivity index (χ4n) is 4.08. The second kappa shape index (κ2) is 7.40. The van der Waals surface area contributed by atoms with Gasteiger partial charge in [0.05, 0.1) is 10.9 Å². The van der Waals surface area contributed by atoms with Gasteiger partial charge in [-0.1, -0.05) is 24.6 Å². The lowest BCUT2D eigenvalue weighted by molar-refractivity contribution is 0.420. The number of anilines is 2. The Morgan fingerprint density at radius 3 is 2.68 bits per heavy atom. The number of hydrogen-bond acceptors (Lipinski definition) is 5. The largest absolute Gasteiger partial charge is 0.439 e. The summed E-state index contributed by atoms with van der Waals surface area (Å²) in [5.41, 5.74) is 4.04. The van der Waals surface area contributed by atoms with Gasteiger partial charge < -0.3 is 15.0 Å². The third-order valence-corrected chi connectivity index (χ3v) is 5.95. The average Bonchev–Trinajstić information content (AvgIpc) is 3.23. The Hall–Kier alpha value is -3.93. The fourth-order valence-corrected chi connectivity index (χ4v) is 4.08. The zero-order valence-corrected chi connectivity index (χ0v) is 16.9. The predicted molar refractivity (Wildman–Crippen MR) is 122 cm³/mol. The van der Waals surface area contributed by atoms with Crippen molar-refractivity contribution in [2.75, 3.05) is 5.32 Å². The molecular weight excluding hydrogens is 386 g/mol. The number of fused-ring (bicyclic) bond motifs is 2. The molecule has 0 amide bonds. The van der Waals surface area contributed by atoms with E-state index in [0.29, 0.717) is 11.8 Å². The molecule has 3 heterocycles. The quantitative estimate of drug-likeness (QED) is 0.357. The molecule has 2 aromatic carbocycles. The number of nitrogens with one attached hydrogen (secondary N) is 2. The van der Waals surface area contributed by atoms with Crippen LogP contribution in [0.3, 0.4) is 0 Å². The molecule has 0 unspecified atom stereocenters. The minimum Gasteiger partial charge on any atom is -0.439 e. The minimum atomic E-state index is 0.586. The summed E-state index contributed by atoms with van der Waals surface area (Å²) in [6.45, 7) is 0. The van der Waals surface area contributed by atoms with Crippen LogP contribution in [0.25, 0.3) is 21.9 Å². The van der Waals surface area contributed by atoms with Gasteiger partial charge in [0.25, 0.3) is 0 Å². The van der Waals surface area contributed by atoms with Crippen LogP contribution in [0.2, 0.25) is 0 Å². The first-order valence-corrected chi connectivity index (χ1v) is 10.6. The molecule has 5 aromatic rings. The van der Waals surface area contributed by atoms with Crippen LogP contribution >= 0.6 is 0 Å². The molecule has 0 saturated heterocycles. The highest BCUT2D eigenvalue weighted by atomic mass is 16.5. The van der Waals surface area contributed by atoms with Crippen molar-refractivity contribution in [3.8, 4) is 11.6 Å². The van der Waals surface area contributed by atoms with Crippen molar-refractivity contribution < 1.29 is 4.74 Å². The number of benzene rings is 2. The van der Waals surface area contributed by atoms with Gasteiger partial charge in [-0.2, -0.15) is 0 Å². The van der Waals surface area contributed by atoms with Crippen molar-refractivity contribution in [1.82, 2.24) is 19.9 Å². The molecule has 0 spiro atoms. The summed E-state index contributed by atoms with van der Waals surface area (Å²) in [7, 11) is 0. The van der Waals surface area contributed by atoms with E-state index in [9.17, 15) is 0 Å². The van der Waals surface area contributed by atoms with Gasteiger partial charge in [-0.3, -0.25) is 0 Å². The number of aromatic amines is 1. The molecule has 0 bridgehead atoms. The normalized spacial score (nSPS) is 13.9. The molecule has 1 aliphatic carbocycles. The molecule has 3 aromatic heterocycles. The highest BCUT2D eigenvalue weighted by molar-refractivity contribution is 5.97. The third-order valence-electron chi connectivity index (χ3n) is 5.95. The molecule has 6 rings (SSSR count). The van der Waals surface area contributed by atoms with Crippen LogP contribution in [0.5, 0.6) is 11.6 Å². The third kappa shape index (κ3) is 3.36. The van der Waals surface area contributed by atoms with E-state index in [1.54, 1.807) is 6.33 Å². The Kier molecular flexibility index (Phi) is 4.27. The maximum absolute atomic E-state index is 5.98. The summed E-state index contributed by atoms with van der Waals surface area (Å²) in [6, 6.07) is 20.1. The van der Waals surface area contributed by atoms with E-state index in [0.717, 1.165) is 39.2 Å². The molecule has 6 nitrogen and oxygen atoms in total. The van der Waals surface area contributed by atoms with E-state index in [1.807, 2.05) is 48.7 Å². The van der Waals surface area contributed by atoms with Gasteiger partial charge in [-0.05, 0) is 60.7 Å². The fraction of sp³-hybridized carbons (Fsp3) is 0.160. The van der Waals surface area contributed by atoms with Gasteiger partial charge in [-0.15, -0.1) is 0 Å². The zero-order valence-electron chi connectivity index (χ0n) is 16.9. The van der Waals surface area contributed by atoms with Crippen LogP contribution in [0, 0.1) is 0 Å². The van der Waals surface area contributed by atoms with Gasteiger partial charge in [0, 0.05) is 23.3 Å². The van der Waals surface area contributed by atoms with Crippen LogP contribution in [0.4, 0.5) is 11.5 Å². The van der Waals surface area contributed by atoms with Gasteiger partial charge in [0.1, 0.15) is 23.5 Å². The van der Waals surface area contributed by atoms with Crippen molar-refractivity contribution in [2.45, 2.75) is 25.2 Å². The molecular formula is C25H21N5O. The Morgan fingerprint density at radius 2 is 1.84 bits per heavy atom. The minimum absolute atomic E-state index is 0.586. The topological polar surface area (TPSA) is 75.7 Å². The number of rotatable bonds is 5. The van der Waals surface area contributed by atoms with E-state index in [2.05, 4.69) is 38.5 Å². The summed E-state index contributed by atoms with van der Waals surface area (Å²) in [4.78, 5) is 16.7. The van der Waals surface area contributed by atoms with E-state index in [4.69, 9.17) is 9.72 Å². The van der Waals surface area contributed by atoms with E-state index in [1.165, 1.54) is 24.8 Å². The Balaban J connectivity index is 1.44. The summed E-state index contributed by atoms with van der Waals surface area (Å²) in [5.74, 6) is 2.73. The van der Waals surface area contributed by atoms with E-state index < -0.39 is 0 Å². The molecule has 0 aliphatic heterocycles. The first-order valence-electron chi connectivity index (χ1n) is 10.6. The van der Waals surface area contributed by atoms with Gasteiger partial charge >= 0.3 is 0 Å². The number of ether oxygens (including phenoxy) is 1. The lowest BCUT2D eigenvalue weighted by Crippen LogP contribution is -2.09. The monoisotopic (exact) mass is 407 g/mol. The Labute approximate surface area is 179 Å². The molecule has 0 atom stereocenters. The average molecular weight is 407 g/mol. The number of pyridine rings is 1. The number of aromatic nitrogens is 4. The second-order valence-electron chi connectivity index (χ2n) is 7.91. The van der Waals surface area contributed by atoms with Crippen LogP contribution < -0.4 is 10.1 Å². The molecule has 1 saturated carbocycles. The van der Waals surface area contributed by atoms with Crippen LogP contribution in [0.15, 0.2) is 73.2 Å². The van der Waals surface area contributed by atoms with E-state index >= 15 is 0 Å². The second-order valence-corrected chi connectivity index (χ2v) is 7.91.